The fourth-order valence-electron chi connectivity index (χ4n) is 3.57. The third-order valence-corrected chi connectivity index (χ3v) is 5.03. The lowest BCUT2D eigenvalue weighted by Gasteiger charge is -2.25. The maximum absolute atomic E-state index is 12.9. The van der Waals surface area contributed by atoms with Crippen LogP contribution in [0.25, 0.3) is 5.76 Å². The van der Waals surface area contributed by atoms with Crippen molar-refractivity contribution in [3.8, 4) is 11.5 Å². The topological polar surface area (TPSA) is 96.3 Å². The molecule has 30 heavy (non-hydrogen) atoms. The van der Waals surface area contributed by atoms with Crippen molar-refractivity contribution in [2.24, 2.45) is 0 Å². The molecule has 0 saturated carbocycles. The molecule has 1 fully saturated rings. The number of methoxy groups -OCH3 is 1. The van der Waals surface area contributed by atoms with Crippen molar-refractivity contribution in [2.45, 2.75) is 19.9 Å². The Morgan fingerprint density at radius 2 is 1.83 bits per heavy atom. The van der Waals surface area contributed by atoms with Gasteiger partial charge in [0.1, 0.15) is 17.3 Å². The van der Waals surface area contributed by atoms with Gasteiger partial charge < -0.3 is 24.6 Å². The van der Waals surface area contributed by atoms with Crippen LogP contribution in [0.3, 0.4) is 0 Å². The van der Waals surface area contributed by atoms with Crippen molar-refractivity contribution < 1.29 is 29.3 Å². The number of aliphatic hydroxyl groups is 1. The second-order valence-corrected chi connectivity index (χ2v) is 6.99. The lowest BCUT2D eigenvalue weighted by atomic mass is 9.94. The van der Waals surface area contributed by atoms with Gasteiger partial charge in [0, 0.05) is 19.2 Å². The summed E-state index contributed by atoms with van der Waals surface area (Å²) in [5.74, 6) is -0.959. The molecule has 0 spiro atoms. The number of amides is 1. The average molecular weight is 411 g/mol. The Morgan fingerprint density at radius 1 is 1.13 bits per heavy atom. The summed E-state index contributed by atoms with van der Waals surface area (Å²) in [5.41, 5.74) is 1.83. The third-order valence-electron chi connectivity index (χ3n) is 5.03. The van der Waals surface area contributed by atoms with Gasteiger partial charge in [-0.2, -0.15) is 0 Å². The first kappa shape index (κ1) is 21.4. The van der Waals surface area contributed by atoms with E-state index in [-0.39, 0.29) is 30.2 Å². The number of aryl methyl sites for hydroxylation is 1. The molecule has 2 aromatic rings. The van der Waals surface area contributed by atoms with Crippen LogP contribution >= 0.6 is 0 Å². The van der Waals surface area contributed by atoms with E-state index >= 15 is 0 Å². The van der Waals surface area contributed by atoms with Gasteiger partial charge in [-0.1, -0.05) is 12.1 Å². The Morgan fingerprint density at radius 3 is 2.43 bits per heavy atom. The number of phenolic OH excluding ortho intramolecular Hbond substituents is 1. The maximum atomic E-state index is 12.9. The minimum Gasteiger partial charge on any atom is -0.508 e. The van der Waals surface area contributed by atoms with Crippen LogP contribution in [0.5, 0.6) is 11.5 Å². The van der Waals surface area contributed by atoms with Crippen LogP contribution in [-0.4, -0.2) is 53.7 Å². The zero-order valence-corrected chi connectivity index (χ0v) is 17.2. The molecule has 3 rings (SSSR count). The first-order valence-electron chi connectivity index (χ1n) is 9.69. The normalized spacial score (nSPS) is 18.1. The number of benzene rings is 2. The fourth-order valence-corrected chi connectivity index (χ4v) is 3.57. The number of rotatable bonds is 7. The smallest absolute Gasteiger partial charge is 0.295 e. The molecular formula is C23H25NO6. The molecule has 0 aromatic heterocycles. The number of ketones is 1. The Labute approximate surface area is 175 Å². The number of likely N-dealkylation sites (tertiary alicyclic amines) is 1. The van der Waals surface area contributed by atoms with Crippen molar-refractivity contribution >= 4 is 17.4 Å². The molecule has 0 aliphatic carbocycles. The van der Waals surface area contributed by atoms with Crippen molar-refractivity contribution in [3.63, 3.8) is 0 Å². The van der Waals surface area contributed by atoms with Gasteiger partial charge in [0.05, 0.1) is 24.8 Å². The largest absolute Gasteiger partial charge is 0.508 e. The standard InChI is InChI=1S/C23H25NO6/c1-4-30-18-10-7-16(13-14(18)2)21(26)19-20(15-5-8-17(25)9-6-15)24(11-12-29-3)23(28)22(19)27/h5-10,13,20,25-26H,4,11-12H2,1-3H3/b21-19-. The molecule has 1 saturated heterocycles. The number of hydrogen-bond donors (Lipinski definition) is 2. The van der Waals surface area contributed by atoms with E-state index in [4.69, 9.17) is 9.47 Å². The molecular weight excluding hydrogens is 386 g/mol. The molecule has 1 aliphatic rings. The van der Waals surface area contributed by atoms with E-state index in [2.05, 4.69) is 0 Å². The quantitative estimate of drug-likeness (QED) is 0.413. The summed E-state index contributed by atoms with van der Waals surface area (Å²) in [6, 6.07) is 10.5. The molecule has 0 radical (unpaired) electrons. The van der Waals surface area contributed by atoms with Crippen LogP contribution in [0.15, 0.2) is 48.0 Å². The van der Waals surface area contributed by atoms with E-state index in [1.54, 1.807) is 30.3 Å². The number of Topliss-reactive ketones (excluding diaryl/α,β-unsaturated/α-hetero) is 1. The Bertz CT molecular complexity index is 980. The number of ether oxygens (including phenoxy) is 2. The first-order chi connectivity index (χ1) is 14.4. The molecule has 1 heterocycles. The lowest BCUT2D eigenvalue weighted by Crippen LogP contribution is -2.32. The zero-order chi connectivity index (χ0) is 21.8. The highest BCUT2D eigenvalue weighted by Crippen LogP contribution is 2.40. The summed E-state index contributed by atoms with van der Waals surface area (Å²) in [6.45, 7) is 4.66. The SMILES string of the molecule is CCOc1ccc(/C(O)=C2/C(=O)C(=O)N(CCOC)C2c2ccc(O)cc2)cc1C. The van der Waals surface area contributed by atoms with Crippen LogP contribution in [0.2, 0.25) is 0 Å². The number of carbonyl (C=O) groups excluding carboxylic acids is 2. The highest BCUT2D eigenvalue weighted by Gasteiger charge is 2.45. The van der Waals surface area contributed by atoms with Crippen molar-refractivity contribution in [1.29, 1.82) is 0 Å². The molecule has 1 aliphatic heterocycles. The molecule has 7 nitrogen and oxygen atoms in total. The van der Waals surface area contributed by atoms with Crippen LogP contribution in [-0.2, 0) is 14.3 Å². The highest BCUT2D eigenvalue weighted by molar-refractivity contribution is 6.46. The Balaban J connectivity index is 2.13. The van der Waals surface area contributed by atoms with Gasteiger partial charge in [0.25, 0.3) is 11.7 Å². The molecule has 1 amide bonds. The van der Waals surface area contributed by atoms with E-state index in [0.29, 0.717) is 23.5 Å². The summed E-state index contributed by atoms with van der Waals surface area (Å²) < 4.78 is 10.6. The highest BCUT2D eigenvalue weighted by atomic mass is 16.5. The Kier molecular flexibility index (Phi) is 6.42. The third kappa shape index (κ3) is 4.02. The van der Waals surface area contributed by atoms with Gasteiger partial charge in [-0.3, -0.25) is 9.59 Å². The van der Waals surface area contributed by atoms with Gasteiger partial charge in [-0.15, -0.1) is 0 Å². The van der Waals surface area contributed by atoms with Gasteiger partial charge in [-0.25, -0.2) is 0 Å². The average Bonchev–Trinajstić information content (AvgIpc) is 2.98. The van der Waals surface area contributed by atoms with Gasteiger partial charge >= 0.3 is 0 Å². The predicted octanol–water partition coefficient (Wildman–Crippen LogP) is 3.17. The van der Waals surface area contributed by atoms with Gasteiger partial charge in [-0.05, 0) is 55.3 Å². The lowest BCUT2D eigenvalue weighted by molar-refractivity contribution is -0.140. The molecule has 158 valence electrons. The minimum atomic E-state index is -0.785. The number of hydrogen-bond acceptors (Lipinski definition) is 6. The summed E-state index contributed by atoms with van der Waals surface area (Å²) in [4.78, 5) is 27.0. The Hall–Kier alpha value is -3.32. The fraction of sp³-hybridized carbons (Fsp3) is 0.304. The summed E-state index contributed by atoms with van der Waals surface area (Å²) in [6.07, 6.45) is 0. The minimum absolute atomic E-state index is 0.00496. The van der Waals surface area contributed by atoms with E-state index < -0.39 is 17.7 Å². The molecule has 0 bridgehead atoms. The molecule has 1 unspecified atom stereocenters. The van der Waals surface area contributed by atoms with Crippen molar-refractivity contribution in [3.05, 3.63) is 64.7 Å². The van der Waals surface area contributed by atoms with Crippen LogP contribution in [0, 0.1) is 6.92 Å². The monoisotopic (exact) mass is 411 g/mol. The number of nitrogens with zero attached hydrogens (tertiary/aromatic N) is 1. The van der Waals surface area contributed by atoms with Gasteiger partial charge in [0.2, 0.25) is 0 Å². The van der Waals surface area contributed by atoms with E-state index in [1.807, 2.05) is 13.8 Å². The van der Waals surface area contributed by atoms with Crippen LogP contribution in [0.4, 0.5) is 0 Å². The summed E-state index contributed by atoms with van der Waals surface area (Å²) in [5, 5.41) is 20.7. The second kappa shape index (κ2) is 9.00. The number of aliphatic hydroxyl groups excluding tert-OH is 1. The summed E-state index contributed by atoms with van der Waals surface area (Å²) >= 11 is 0. The number of carbonyl (C=O) groups is 2. The zero-order valence-electron chi connectivity index (χ0n) is 17.2. The number of phenols is 1. The second-order valence-electron chi connectivity index (χ2n) is 6.99. The molecule has 2 N–H and O–H groups in total. The summed E-state index contributed by atoms with van der Waals surface area (Å²) in [7, 11) is 1.51. The van der Waals surface area contributed by atoms with Crippen molar-refractivity contribution in [1.82, 2.24) is 4.90 Å². The van der Waals surface area contributed by atoms with Crippen LogP contribution in [0.1, 0.15) is 29.7 Å². The van der Waals surface area contributed by atoms with E-state index in [9.17, 15) is 19.8 Å². The predicted molar refractivity (Wildman–Crippen MR) is 111 cm³/mol. The van der Waals surface area contributed by atoms with Crippen molar-refractivity contribution in [2.75, 3.05) is 26.9 Å². The molecule has 7 heteroatoms. The van der Waals surface area contributed by atoms with E-state index in [1.165, 1.54) is 24.1 Å². The number of aromatic hydroxyl groups is 1. The van der Waals surface area contributed by atoms with E-state index in [0.717, 1.165) is 5.56 Å². The molecule has 1 atom stereocenters. The van der Waals surface area contributed by atoms with Crippen LogP contribution < -0.4 is 4.74 Å². The van der Waals surface area contributed by atoms with Gasteiger partial charge in [0.15, 0.2) is 0 Å². The maximum Gasteiger partial charge on any atom is 0.295 e. The first-order valence-corrected chi connectivity index (χ1v) is 9.69. The molecule has 2 aromatic carbocycles.